The number of methoxy groups -OCH3 is 1. The first-order chi connectivity index (χ1) is 11.2. The second-order valence-corrected chi connectivity index (χ2v) is 4.68. The van der Waals surface area contributed by atoms with Gasteiger partial charge in [0.1, 0.15) is 6.29 Å². The zero-order valence-electron chi connectivity index (χ0n) is 13.3. The molecule has 0 aliphatic heterocycles. The fraction of sp³-hybridized carbons (Fsp3) is 0.100. The van der Waals surface area contributed by atoms with Crippen molar-refractivity contribution in [2.75, 3.05) is 7.11 Å². The maximum atomic E-state index is 10.7. The van der Waals surface area contributed by atoms with Crippen molar-refractivity contribution in [2.45, 2.75) is 6.92 Å². The summed E-state index contributed by atoms with van der Waals surface area (Å²) >= 11 is 0. The predicted molar refractivity (Wildman–Crippen MR) is 93.6 cm³/mol. The predicted octanol–water partition coefficient (Wildman–Crippen LogP) is 4.16. The van der Waals surface area contributed by atoms with E-state index in [9.17, 15) is 9.59 Å². The number of aldehydes is 1. The fourth-order valence-corrected chi connectivity index (χ4v) is 1.64. The normalized spacial score (nSPS) is 10.6. The van der Waals surface area contributed by atoms with Crippen molar-refractivity contribution in [3.8, 4) is 0 Å². The minimum absolute atomic E-state index is 0.334. The van der Waals surface area contributed by atoms with Crippen LogP contribution < -0.4 is 0 Å². The van der Waals surface area contributed by atoms with Gasteiger partial charge in [-0.05, 0) is 35.8 Å². The summed E-state index contributed by atoms with van der Waals surface area (Å²) in [5, 5.41) is 0. The Labute approximate surface area is 136 Å². The molecule has 0 aliphatic carbocycles. The summed E-state index contributed by atoms with van der Waals surface area (Å²) in [6.07, 6.45) is 5.82. The monoisotopic (exact) mass is 308 g/mol. The Morgan fingerprint density at radius 3 is 1.91 bits per heavy atom. The average molecular weight is 308 g/mol. The van der Waals surface area contributed by atoms with Crippen molar-refractivity contribution in [1.29, 1.82) is 0 Å². The van der Waals surface area contributed by atoms with Crippen LogP contribution in [0.5, 0.6) is 0 Å². The Morgan fingerprint density at radius 2 is 1.43 bits per heavy atom. The number of hydrogen-bond acceptors (Lipinski definition) is 3. The smallest absolute Gasteiger partial charge is 0.330 e. The minimum atomic E-state index is -0.334. The van der Waals surface area contributed by atoms with Gasteiger partial charge in [0.15, 0.2) is 0 Å². The minimum Gasteiger partial charge on any atom is -0.466 e. The molecule has 118 valence electrons. The molecule has 0 heterocycles. The quantitative estimate of drug-likeness (QED) is 0.484. The number of ether oxygens (including phenoxy) is 1. The molecule has 3 heteroatoms. The zero-order chi connectivity index (χ0) is 16.9. The highest BCUT2D eigenvalue weighted by atomic mass is 16.5. The molecule has 0 aromatic heterocycles. The number of hydrogen-bond donors (Lipinski definition) is 0. The highest BCUT2D eigenvalue weighted by molar-refractivity contribution is 5.86. The standard InChI is InChI=1S/C10H10O2.C10H10O/c1-12-10(11)8-7-9-5-3-2-4-6-9;1-9(8-11)7-10-5-3-2-4-6-10/h2-8H,1H3;2-8H,1H3. The van der Waals surface area contributed by atoms with E-state index >= 15 is 0 Å². The van der Waals surface area contributed by atoms with Crippen LogP contribution in [-0.4, -0.2) is 19.4 Å². The van der Waals surface area contributed by atoms with Crippen LogP contribution in [0.25, 0.3) is 12.2 Å². The van der Waals surface area contributed by atoms with Crippen LogP contribution in [0.15, 0.2) is 72.3 Å². The van der Waals surface area contributed by atoms with E-state index in [4.69, 9.17) is 0 Å². The van der Waals surface area contributed by atoms with Gasteiger partial charge in [0.2, 0.25) is 0 Å². The molecule has 0 saturated heterocycles. The van der Waals surface area contributed by atoms with Gasteiger partial charge in [-0.3, -0.25) is 4.79 Å². The Bertz CT molecular complexity index is 656. The summed E-state index contributed by atoms with van der Waals surface area (Å²) in [4.78, 5) is 20.9. The molecular weight excluding hydrogens is 288 g/mol. The lowest BCUT2D eigenvalue weighted by Crippen LogP contribution is -1.92. The van der Waals surface area contributed by atoms with Crippen LogP contribution in [0, 0.1) is 0 Å². The number of esters is 1. The van der Waals surface area contributed by atoms with Crippen molar-refractivity contribution in [3.63, 3.8) is 0 Å². The van der Waals surface area contributed by atoms with Gasteiger partial charge in [-0.1, -0.05) is 60.7 Å². The molecule has 2 aromatic rings. The van der Waals surface area contributed by atoms with E-state index in [0.717, 1.165) is 23.0 Å². The van der Waals surface area contributed by atoms with Gasteiger partial charge < -0.3 is 4.74 Å². The number of rotatable bonds is 4. The first-order valence-electron chi connectivity index (χ1n) is 7.15. The Balaban J connectivity index is 0.000000231. The van der Waals surface area contributed by atoms with Crippen LogP contribution >= 0.6 is 0 Å². The van der Waals surface area contributed by atoms with E-state index in [2.05, 4.69) is 4.74 Å². The molecule has 2 aromatic carbocycles. The van der Waals surface area contributed by atoms with Crippen molar-refractivity contribution < 1.29 is 14.3 Å². The first kappa shape index (κ1) is 18.1. The Hall–Kier alpha value is -2.94. The molecule has 2 rings (SSSR count). The van der Waals surface area contributed by atoms with Crippen LogP contribution in [0.3, 0.4) is 0 Å². The van der Waals surface area contributed by atoms with Gasteiger partial charge in [-0.25, -0.2) is 4.79 Å². The molecule has 3 nitrogen and oxygen atoms in total. The Kier molecular flexibility index (Phi) is 8.46. The summed E-state index contributed by atoms with van der Waals surface area (Å²) in [6, 6.07) is 19.4. The summed E-state index contributed by atoms with van der Waals surface area (Å²) in [5.74, 6) is -0.334. The lowest BCUT2D eigenvalue weighted by atomic mass is 10.1. The second kappa shape index (κ2) is 10.7. The number of carbonyl (C=O) groups is 2. The maximum absolute atomic E-state index is 10.7. The third kappa shape index (κ3) is 8.17. The molecule has 0 fully saturated rings. The molecule has 0 bridgehead atoms. The van der Waals surface area contributed by atoms with Crippen molar-refractivity contribution in [3.05, 3.63) is 83.4 Å². The van der Waals surface area contributed by atoms with Crippen LogP contribution in [0.2, 0.25) is 0 Å². The van der Waals surface area contributed by atoms with Gasteiger partial charge in [-0.2, -0.15) is 0 Å². The third-order valence-electron chi connectivity index (χ3n) is 2.79. The average Bonchev–Trinajstić information content (AvgIpc) is 2.62. The SMILES string of the molecule is CC(C=O)=Cc1ccccc1.COC(=O)C=Cc1ccccc1. The molecule has 0 radical (unpaired) electrons. The number of benzene rings is 2. The summed E-state index contributed by atoms with van der Waals surface area (Å²) in [7, 11) is 1.36. The zero-order valence-corrected chi connectivity index (χ0v) is 13.3. The molecule has 0 amide bonds. The lowest BCUT2D eigenvalue weighted by Gasteiger charge is -1.91. The van der Waals surface area contributed by atoms with Gasteiger partial charge in [0.25, 0.3) is 0 Å². The topological polar surface area (TPSA) is 43.4 Å². The van der Waals surface area contributed by atoms with Crippen molar-refractivity contribution in [2.24, 2.45) is 0 Å². The van der Waals surface area contributed by atoms with Crippen molar-refractivity contribution >= 4 is 24.4 Å². The Morgan fingerprint density at radius 1 is 0.913 bits per heavy atom. The van der Waals surface area contributed by atoms with E-state index in [1.165, 1.54) is 13.2 Å². The maximum Gasteiger partial charge on any atom is 0.330 e. The van der Waals surface area contributed by atoms with Gasteiger partial charge in [0.05, 0.1) is 7.11 Å². The van der Waals surface area contributed by atoms with Crippen LogP contribution in [-0.2, 0) is 14.3 Å². The largest absolute Gasteiger partial charge is 0.466 e. The molecule has 0 saturated carbocycles. The van der Waals surface area contributed by atoms with Crippen LogP contribution in [0.1, 0.15) is 18.1 Å². The molecule has 0 spiro atoms. The third-order valence-corrected chi connectivity index (χ3v) is 2.79. The van der Waals surface area contributed by atoms with E-state index in [-0.39, 0.29) is 5.97 Å². The summed E-state index contributed by atoms with van der Waals surface area (Å²) in [6.45, 7) is 1.79. The van der Waals surface area contributed by atoms with Gasteiger partial charge in [0, 0.05) is 6.08 Å². The number of allylic oxidation sites excluding steroid dienone is 1. The van der Waals surface area contributed by atoms with E-state index in [0.29, 0.717) is 0 Å². The van der Waals surface area contributed by atoms with E-state index in [1.54, 1.807) is 13.0 Å². The molecule has 23 heavy (non-hydrogen) atoms. The summed E-state index contributed by atoms with van der Waals surface area (Å²) in [5.41, 5.74) is 2.80. The number of carbonyl (C=O) groups excluding carboxylic acids is 2. The highest BCUT2D eigenvalue weighted by Crippen LogP contribution is 2.03. The van der Waals surface area contributed by atoms with Gasteiger partial charge >= 0.3 is 5.97 Å². The second-order valence-electron chi connectivity index (χ2n) is 4.68. The fourth-order valence-electron chi connectivity index (χ4n) is 1.64. The van der Waals surface area contributed by atoms with E-state index in [1.807, 2.05) is 66.7 Å². The molecule has 0 atom stereocenters. The van der Waals surface area contributed by atoms with Crippen LogP contribution in [0.4, 0.5) is 0 Å². The summed E-state index contributed by atoms with van der Waals surface area (Å²) < 4.78 is 4.45. The van der Waals surface area contributed by atoms with Crippen molar-refractivity contribution in [1.82, 2.24) is 0 Å². The van der Waals surface area contributed by atoms with Gasteiger partial charge in [-0.15, -0.1) is 0 Å². The molecular formula is C20H20O3. The van der Waals surface area contributed by atoms with E-state index < -0.39 is 0 Å². The molecule has 0 aliphatic rings. The molecule has 0 unspecified atom stereocenters. The molecule has 0 N–H and O–H groups in total. The lowest BCUT2D eigenvalue weighted by molar-refractivity contribution is -0.134. The first-order valence-corrected chi connectivity index (χ1v) is 7.15. The highest BCUT2D eigenvalue weighted by Gasteiger charge is 1.89.